The van der Waals surface area contributed by atoms with Gasteiger partial charge in [-0.25, -0.2) is 0 Å². The van der Waals surface area contributed by atoms with Crippen molar-refractivity contribution in [3.63, 3.8) is 0 Å². The SMILES string of the molecule is COCC(=O)Nc1ccc(N2C(=S)N[C@@H](c3ccccn3)[C@H]2c2cc(C)n(-c3ccc(Cl)cc3)c2C)cc1C. The first-order valence-electron chi connectivity index (χ1n) is 12.6. The molecule has 1 aliphatic heterocycles. The highest BCUT2D eigenvalue weighted by atomic mass is 35.5. The van der Waals surface area contributed by atoms with Crippen LogP contribution in [0.1, 0.15) is 40.3 Å². The van der Waals surface area contributed by atoms with Gasteiger partial charge in [-0.1, -0.05) is 17.7 Å². The van der Waals surface area contributed by atoms with Gasteiger partial charge in [0, 0.05) is 46.8 Å². The molecule has 200 valence electrons. The van der Waals surface area contributed by atoms with Gasteiger partial charge in [0.25, 0.3) is 0 Å². The molecule has 9 heteroatoms. The fourth-order valence-corrected chi connectivity index (χ4v) is 5.75. The number of halogens is 1. The first-order chi connectivity index (χ1) is 18.8. The van der Waals surface area contributed by atoms with Crippen molar-refractivity contribution in [1.82, 2.24) is 14.9 Å². The monoisotopic (exact) mass is 559 g/mol. The number of ether oxygens (including phenoxy) is 1. The van der Waals surface area contributed by atoms with Crippen molar-refractivity contribution in [2.24, 2.45) is 0 Å². The molecule has 1 amide bonds. The zero-order valence-electron chi connectivity index (χ0n) is 22.2. The Bertz CT molecular complexity index is 1520. The molecule has 2 atom stereocenters. The third kappa shape index (κ3) is 5.28. The highest BCUT2D eigenvalue weighted by molar-refractivity contribution is 7.80. The minimum Gasteiger partial charge on any atom is -0.375 e. The molecule has 0 spiro atoms. The van der Waals surface area contributed by atoms with E-state index in [-0.39, 0.29) is 24.6 Å². The van der Waals surface area contributed by atoms with E-state index in [1.807, 2.05) is 67.6 Å². The molecule has 0 radical (unpaired) electrons. The average Bonchev–Trinajstić information content (AvgIpc) is 3.41. The summed E-state index contributed by atoms with van der Waals surface area (Å²) < 4.78 is 7.19. The van der Waals surface area contributed by atoms with Gasteiger partial charge in [0.05, 0.1) is 17.8 Å². The topological polar surface area (TPSA) is 71.4 Å². The van der Waals surface area contributed by atoms with Gasteiger partial charge >= 0.3 is 0 Å². The van der Waals surface area contributed by atoms with Gasteiger partial charge in [0.2, 0.25) is 5.91 Å². The molecule has 7 nitrogen and oxygen atoms in total. The number of nitrogens with zero attached hydrogens (tertiary/aromatic N) is 3. The maximum absolute atomic E-state index is 12.1. The summed E-state index contributed by atoms with van der Waals surface area (Å²) in [5, 5.41) is 7.75. The first kappa shape index (κ1) is 26.9. The lowest BCUT2D eigenvalue weighted by Gasteiger charge is -2.29. The number of carbonyl (C=O) groups excluding carboxylic acids is 1. The molecule has 1 saturated heterocycles. The number of aromatic nitrogens is 2. The van der Waals surface area contributed by atoms with Crippen LogP contribution >= 0.6 is 23.8 Å². The third-order valence-electron chi connectivity index (χ3n) is 7.01. The van der Waals surface area contributed by atoms with E-state index < -0.39 is 0 Å². The van der Waals surface area contributed by atoms with Crippen molar-refractivity contribution < 1.29 is 9.53 Å². The summed E-state index contributed by atoms with van der Waals surface area (Å²) in [7, 11) is 1.50. The van der Waals surface area contributed by atoms with Crippen molar-refractivity contribution >= 4 is 46.2 Å². The molecule has 39 heavy (non-hydrogen) atoms. The molecular formula is C30H30ClN5O2S. The maximum Gasteiger partial charge on any atom is 0.250 e. The second-order valence-corrected chi connectivity index (χ2v) is 10.4. The van der Waals surface area contributed by atoms with Crippen LogP contribution in [0.15, 0.2) is 72.9 Å². The summed E-state index contributed by atoms with van der Waals surface area (Å²) in [4.78, 5) is 18.9. The molecule has 4 aromatic rings. The Morgan fingerprint density at radius 2 is 1.82 bits per heavy atom. The highest BCUT2D eigenvalue weighted by Crippen LogP contribution is 2.44. The molecule has 1 aliphatic rings. The quantitative estimate of drug-likeness (QED) is 0.262. The highest BCUT2D eigenvalue weighted by Gasteiger charge is 2.42. The van der Waals surface area contributed by atoms with Gasteiger partial charge in [0.1, 0.15) is 6.61 Å². The van der Waals surface area contributed by atoms with Crippen LogP contribution in [0.3, 0.4) is 0 Å². The Morgan fingerprint density at radius 3 is 2.49 bits per heavy atom. The normalized spacial score (nSPS) is 16.8. The van der Waals surface area contributed by atoms with Crippen LogP contribution in [-0.2, 0) is 9.53 Å². The Balaban J connectivity index is 1.60. The summed E-state index contributed by atoms with van der Waals surface area (Å²) in [6.45, 7) is 6.20. The predicted octanol–water partition coefficient (Wildman–Crippen LogP) is 6.21. The molecule has 0 bridgehead atoms. The molecular weight excluding hydrogens is 530 g/mol. The Morgan fingerprint density at radius 1 is 1.08 bits per heavy atom. The summed E-state index contributed by atoms with van der Waals surface area (Å²) in [6, 6.07) is 21.6. The fraction of sp³-hybridized carbons (Fsp3) is 0.233. The number of hydrogen-bond donors (Lipinski definition) is 2. The van der Waals surface area contributed by atoms with Crippen molar-refractivity contribution in [1.29, 1.82) is 0 Å². The smallest absolute Gasteiger partial charge is 0.250 e. The number of amides is 1. The first-order valence-corrected chi connectivity index (χ1v) is 13.4. The van der Waals surface area contributed by atoms with E-state index in [9.17, 15) is 4.79 Å². The summed E-state index contributed by atoms with van der Waals surface area (Å²) in [5.74, 6) is -0.200. The van der Waals surface area contributed by atoms with E-state index >= 15 is 0 Å². The Kier molecular flexibility index (Phi) is 7.70. The van der Waals surface area contributed by atoms with Crippen molar-refractivity contribution in [3.05, 3.63) is 106 Å². The van der Waals surface area contributed by atoms with Gasteiger partial charge in [-0.05, 0) is 105 Å². The number of anilines is 2. The molecule has 2 N–H and O–H groups in total. The second-order valence-electron chi connectivity index (χ2n) is 9.62. The predicted molar refractivity (Wildman–Crippen MR) is 160 cm³/mol. The van der Waals surface area contributed by atoms with E-state index in [0.717, 1.165) is 45.3 Å². The lowest BCUT2D eigenvalue weighted by molar-refractivity contribution is -0.119. The maximum atomic E-state index is 12.1. The molecule has 3 heterocycles. The lowest BCUT2D eigenvalue weighted by Crippen LogP contribution is -2.29. The Labute approximate surface area is 238 Å². The number of methoxy groups -OCH3 is 1. The largest absolute Gasteiger partial charge is 0.375 e. The van der Waals surface area contributed by atoms with Crippen LogP contribution < -0.4 is 15.5 Å². The molecule has 0 unspecified atom stereocenters. The fourth-order valence-electron chi connectivity index (χ4n) is 5.28. The van der Waals surface area contributed by atoms with Crippen LogP contribution in [0, 0.1) is 20.8 Å². The van der Waals surface area contributed by atoms with Crippen molar-refractivity contribution in [2.75, 3.05) is 23.9 Å². The number of thiocarbonyl (C=S) groups is 1. The zero-order chi connectivity index (χ0) is 27.7. The van der Waals surface area contributed by atoms with Crippen LogP contribution in [0.2, 0.25) is 5.02 Å². The third-order valence-corrected chi connectivity index (χ3v) is 7.58. The van der Waals surface area contributed by atoms with E-state index in [1.54, 1.807) is 6.20 Å². The van der Waals surface area contributed by atoms with Crippen molar-refractivity contribution in [2.45, 2.75) is 32.9 Å². The summed E-state index contributed by atoms with van der Waals surface area (Å²) in [6.07, 6.45) is 1.80. The molecule has 5 rings (SSSR count). The second kappa shape index (κ2) is 11.2. The number of hydrogen-bond acceptors (Lipinski definition) is 4. The van der Waals surface area contributed by atoms with Crippen LogP contribution in [0.25, 0.3) is 5.69 Å². The minimum atomic E-state index is -0.200. The zero-order valence-corrected chi connectivity index (χ0v) is 23.8. The number of benzene rings is 2. The molecule has 0 saturated carbocycles. The van der Waals surface area contributed by atoms with Gasteiger partial charge in [0.15, 0.2) is 5.11 Å². The van der Waals surface area contributed by atoms with Gasteiger partial charge in [-0.3, -0.25) is 9.78 Å². The van der Waals surface area contributed by atoms with Crippen LogP contribution in [0.5, 0.6) is 0 Å². The van der Waals surface area contributed by atoms with E-state index in [4.69, 9.17) is 28.6 Å². The van der Waals surface area contributed by atoms with Crippen molar-refractivity contribution in [3.8, 4) is 5.69 Å². The summed E-state index contributed by atoms with van der Waals surface area (Å²) >= 11 is 12.1. The molecule has 0 aliphatic carbocycles. The average molecular weight is 560 g/mol. The number of aryl methyl sites for hydroxylation is 2. The Hall–Kier alpha value is -3.72. The standard InChI is InChI=1S/C30H30ClN5O2S/c1-18-15-23(12-13-25(18)33-27(37)17-38-4)36-29(28(34-30(36)39)26-7-5-6-14-32-26)24-16-19(2)35(20(24)3)22-10-8-21(31)9-11-22/h5-16,28-29H,17H2,1-4H3,(H,33,37)(H,34,39)/t28-,29+/m0/s1. The number of rotatable bonds is 7. The number of carbonyl (C=O) groups is 1. The summed E-state index contributed by atoms with van der Waals surface area (Å²) in [5.41, 5.74) is 7.89. The molecule has 1 fully saturated rings. The van der Waals surface area contributed by atoms with E-state index in [0.29, 0.717) is 10.1 Å². The molecule has 2 aromatic heterocycles. The van der Waals surface area contributed by atoms with Gasteiger partial charge in [-0.15, -0.1) is 0 Å². The van der Waals surface area contributed by atoms with E-state index in [1.165, 1.54) is 7.11 Å². The lowest BCUT2D eigenvalue weighted by atomic mass is 9.96. The van der Waals surface area contributed by atoms with Gasteiger partial charge < -0.3 is 24.8 Å². The minimum absolute atomic E-state index is 0.00160. The van der Waals surface area contributed by atoms with Crippen LogP contribution in [-0.4, -0.2) is 34.3 Å². The van der Waals surface area contributed by atoms with Gasteiger partial charge in [-0.2, -0.15) is 0 Å². The van der Waals surface area contributed by atoms with Crippen LogP contribution in [0.4, 0.5) is 11.4 Å². The molecule has 2 aromatic carbocycles. The number of pyridine rings is 1. The number of nitrogens with one attached hydrogen (secondary N) is 2. The van der Waals surface area contributed by atoms with E-state index in [2.05, 4.69) is 45.0 Å².